The lowest BCUT2D eigenvalue weighted by Crippen LogP contribution is -2.18. The van der Waals surface area contributed by atoms with Crippen molar-refractivity contribution in [1.82, 2.24) is 19.8 Å². The number of fused-ring (bicyclic) bond motifs is 1. The van der Waals surface area contributed by atoms with Crippen molar-refractivity contribution in [2.45, 2.75) is 20.5 Å². The maximum atomic E-state index is 13.4. The van der Waals surface area contributed by atoms with Gasteiger partial charge in [-0.15, -0.1) is 10.2 Å². The molecule has 32 heavy (non-hydrogen) atoms. The molecule has 0 unspecified atom stereocenters. The maximum Gasteiger partial charge on any atom is 0.278 e. The van der Waals surface area contributed by atoms with Gasteiger partial charge in [0.25, 0.3) is 5.91 Å². The minimum atomic E-state index is -0.409. The van der Waals surface area contributed by atoms with Gasteiger partial charge in [0.1, 0.15) is 11.6 Å². The number of halogens is 1. The van der Waals surface area contributed by atoms with Crippen molar-refractivity contribution in [3.63, 3.8) is 0 Å². The molecule has 0 aliphatic rings. The summed E-state index contributed by atoms with van der Waals surface area (Å²) in [5.41, 5.74) is 3.74. The normalized spacial score (nSPS) is 11.0. The van der Waals surface area contributed by atoms with Gasteiger partial charge >= 0.3 is 0 Å². The second-order valence-electron chi connectivity index (χ2n) is 7.04. The molecule has 8 nitrogen and oxygen atoms in total. The number of hydrogen-bond acceptors (Lipinski definition) is 6. The van der Waals surface area contributed by atoms with Crippen LogP contribution in [0.2, 0.25) is 0 Å². The van der Waals surface area contributed by atoms with Gasteiger partial charge in [-0.25, -0.2) is 8.91 Å². The van der Waals surface area contributed by atoms with E-state index in [1.165, 1.54) is 12.1 Å². The Morgan fingerprint density at radius 1 is 1.09 bits per heavy atom. The summed E-state index contributed by atoms with van der Waals surface area (Å²) < 4.78 is 25.7. The van der Waals surface area contributed by atoms with Crippen molar-refractivity contribution in [2.24, 2.45) is 0 Å². The predicted molar refractivity (Wildman–Crippen MR) is 117 cm³/mol. The second kappa shape index (κ2) is 9.11. The number of rotatable bonds is 7. The molecular formula is C23H22FN5O3. The van der Waals surface area contributed by atoms with Gasteiger partial charge in [-0.3, -0.25) is 4.79 Å². The third-order valence-electron chi connectivity index (χ3n) is 4.89. The first-order valence-electron chi connectivity index (χ1n) is 10.1. The van der Waals surface area contributed by atoms with E-state index in [9.17, 15) is 9.18 Å². The maximum absolute atomic E-state index is 13.4. The molecule has 0 aliphatic carbocycles. The predicted octanol–water partition coefficient (Wildman–Crippen LogP) is 4.04. The first-order chi connectivity index (χ1) is 15.5. The zero-order valence-corrected chi connectivity index (χ0v) is 17.9. The molecule has 0 aliphatic heterocycles. The highest BCUT2D eigenvalue weighted by molar-refractivity contribution is 6.03. The number of anilines is 1. The van der Waals surface area contributed by atoms with Crippen LogP contribution >= 0.6 is 0 Å². The number of aromatic nitrogens is 4. The molecule has 0 fully saturated rings. The molecule has 0 saturated carbocycles. The molecule has 1 amide bonds. The fraction of sp³-hybridized carbons (Fsp3) is 0.217. The van der Waals surface area contributed by atoms with E-state index < -0.39 is 5.91 Å². The Morgan fingerprint density at radius 2 is 1.81 bits per heavy atom. The lowest BCUT2D eigenvalue weighted by molar-refractivity contribution is 0.102. The van der Waals surface area contributed by atoms with Gasteiger partial charge in [-0.1, -0.05) is 12.1 Å². The van der Waals surface area contributed by atoms with Gasteiger partial charge in [0.15, 0.2) is 11.3 Å². The van der Waals surface area contributed by atoms with Gasteiger partial charge in [0.05, 0.1) is 30.2 Å². The van der Waals surface area contributed by atoms with Crippen LogP contribution in [0.4, 0.5) is 10.1 Å². The average Bonchev–Trinajstić information content (AvgIpc) is 3.15. The summed E-state index contributed by atoms with van der Waals surface area (Å²) in [5, 5.41) is 15.8. The Balaban J connectivity index is 1.70. The van der Waals surface area contributed by atoms with Crippen LogP contribution in [0.1, 0.15) is 28.8 Å². The lowest BCUT2D eigenvalue weighted by Gasteiger charge is -2.09. The summed E-state index contributed by atoms with van der Waals surface area (Å²) in [5.74, 6) is -0.0272. The fourth-order valence-corrected chi connectivity index (χ4v) is 3.40. The van der Waals surface area contributed by atoms with E-state index in [1.807, 2.05) is 6.92 Å². The van der Waals surface area contributed by atoms with Crippen LogP contribution in [0.25, 0.3) is 16.8 Å². The number of benzene rings is 2. The molecule has 1 N–H and O–H groups in total. The average molecular weight is 435 g/mol. The van der Waals surface area contributed by atoms with Gasteiger partial charge in [-0.2, -0.15) is 5.10 Å². The van der Waals surface area contributed by atoms with E-state index in [4.69, 9.17) is 9.47 Å². The highest BCUT2D eigenvalue weighted by Crippen LogP contribution is 2.29. The van der Waals surface area contributed by atoms with E-state index in [1.54, 1.807) is 54.9 Å². The lowest BCUT2D eigenvalue weighted by atomic mass is 10.1. The number of methoxy groups -OCH3 is 1. The number of aryl methyl sites for hydroxylation is 1. The van der Waals surface area contributed by atoms with E-state index in [2.05, 4.69) is 20.6 Å². The van der Waals surface area contributed by atoms with Crippen LogP contribution in [0.15, 0.2) is 48.5 Å². The second-order valence-corrected chi connectivity index (χ2v) is 7.04. The van der Waals surface area contributed by atoms with Crippen LogP contribution in [-0.4, -0.2) is 39.4 Å². The molecule has 0 radical (unpaired) electrons. The molecule has 0 spiro atoms. The van der Waals surface area contributed by atoms with E-state index in [0.717, 1.165) is 11.3 Å². The van der Waals surface area contributed by atoms with Gasteiger partial charge < -0.3 is 14.8 Å². The molecule has 4 rings (SSSR count). The third kappa shape index (κ3) is 4.15. The Bertz CT molecular complexity index is 1250. The minimum absolute atomic E-state index is 0.142. The number of carbonyl (C=O) groups excluding carboxylic acids is 1. The Kier molecular flexibility index (Phi) is 6.09. The summed E-state index contributed by atoms with van der Waals surface area (Å²) in [4.78, 5) is 12.9. The van der Waals surface area contributed by atoms with E-state index in [0.29, 0.717) is 34.9 Å². The molecule has 4 aromatic rings. The summed E-state index contributed by atoms with van der Waals surface area (Å²) >= 11 is 0. The van der Waals surface area contributed by atoms with Crippen molar-refractivity contribution < 1.29 is 18.7 Å². The van der Waals surface area contributed by atoms with Gasteiger partial charge in [0, 0.05) is 12.8 Å². The monoisotopic (exact) mass is 435 g/mol. The highest BCUT2D eigenvalue weighted by atomic mass is 19.1. The van der Waals surface area contributed by atoms with E-state index in [-0.39, 0.29) is 18.1 Å². The number of amides is 1. The van der Waals surface area contributed by atoms with Crippen molar-refractivity contribution in [3.05, 3.63) is 71.4 Å². The number of hydrogen-bond donors (Lipinski definition) is 1. The summed E-state index contributed by atoms with van der Waals surface area (Å²) in [7, 11) is 1.56. The molecule has 2 aromatic heterocycles. The molecule has 0 saturated heterocycles. The smallest absolute Gasteiger partial charge is 0.278 e. The Hall–Kier alpha value is -3.85. The molecule has 9 heteroatoms. The summed E-state index contributed by atoms with van der Waals surface area (Å²) in [6, 6.07) is 13.1. The van der Waals surface area contributed by atoms with Crippen molar-refractivity contribution in [2.75, 3.05) is 19.0 Å². The summed E-state index contributed by atoms with van der Waals surface area (Å²) in [6.45, 7) is 4.44. The Morgan fingerprint density at radius 3 is 2.47 bits per heavy atom. The zero-order valence-electron chi connectivity index (χ0n) is 17.9. The Labute approximate surface area is 184 Å². The highest BCUT2D eigenvalue weighted by Gasteiger charge is 2.22. The zero-order chi connectivity index (χ0) is 22.7. The van der Waals surface area contributed by atoms with Crippen molar-refractivity contribution in [1.29, 1.82) is 0 Å². The molecule has 0 bridgehead atoms. The van der Waals surface area contributed by atoms with Crippen LogP contribution in [-0.2, 0) is 11.3 Å². The standard InChI is InChI=1S/C23H22FN5O3/c1-4-32-18-11-9-17(10-12-18)25-23(30)21-14(2)29-22(27-26-21)20(19(28-29)13-31-3)15-5-7-16(24)8-6-15/h5-12H,4,13H2,1-3H3,(H,25,30). The quantitative estimate of drug-likeness (QED) is 0.471. The largest absolute Gasteiger partial charge is 0.494 e. The molecule has 164 valence electrons. The van der Waals surface area contributed by atoms with Crippen molar-refractivity contribution >= 4 is 17.2 Å². The van der Waals surface area contributed by atoms with Gasteiger partial charge in [-0.05, 0) is 55.8 Å². The van der Waals surface area contributed by atoms with Crippen molar-refractivity contribution in [3.8, 4) is 16.9 Å². The van der Waals surface area contributed by atoms with Crippen LogP contribution in [0.3, 0.4) is 0 Å². The first-order valence-corrected chi connectivity index (χ1v) is 10.1. The van der Waals surface area contributed by atoms with E-state index >= 15 is 0 Å². The number of ether oxygens (including phenoxy) is 2. The number of nitrogens with zero attached hydrogens (tertiary/aromatic N) is 4. The van der Waals surface area contributed by atoms with Crippen LogP contribution in [0.5, 0.6) is 5.75 Å². The third-order valence-corrected chi connectivity index (χ3v) is 4.89. The number of nitrogens with one attached hydrogen (secondary N) is 1. The van der Waals surface area contributed by atoms with Crippen LogP contribution in [0, 0.1) is 12.7 Å². The topological polar surface area (TPSA) is 90.6 Å². The molecule has 0 atom stereocenters. The SMILES string of the molecule is CCOc1ccc(NC(=O)c2nnc3c(-c4ccc(F)cc4)c(COC)nn3c2C)cc1. The van der Waals surface area contributed by atoms with Gasteiger partial charge in [0.2, 0.25) is 0 Å². The fourth-order valence-electron chi connectivity index (χ4n) is 3.40. The van der Waals surface area contributed by atoms with Crippen LogP contribution < -0.4 is 10.1 Å². The first kappa shape index (κ1) is 21.4. The summed E-state index contributed by atoms with van der Waals surface area (Å²) in [6.07, 6.45) is 0. The number of carbonyl (C=O) groups is 1. The minimum Gasteiger partial charge on any atom is -0.494 e. The molecule has 2 aromatic carbocycles. The molecule has 2 heterocycles. The molecular weight excluding hydrogens is 413 g/mol.